The second-order valence-electron chi connectivity index (χ2n) is 4.48. The van der Waals surface area contributed by atoms with E-state index in [0.717, 1.165) is 11.3 Å². The van der Waals surface area contributed by atoms with Crippen molar-refractivity contribution < 1.29 is 9.90 Å². The van der Waals surface area contributed by atoms with Gasteiger partial charge in [-0.1, -0.05) is 0 Å². The summed E-state index contributed by atoms with van der Waals surface area (Å²) in [5.74, 6) is -0.979. The normalized spacial score (nSPS) is 13.5. The number of aliphatic carboxylic acids is 1. The third-order valence-electron chi connectivity index (χ3n) is 2.96. The maximum atomic E-state index is 10.9. The Morgan fingerprint density at radius 2 is 2.11 bits per heavy atom. The lowest BCUT2D eigenvalue weighted by Crippen LogP contribution is -2.30. The van der Waals surface area contributed by atoms with Crippen molar-refractivity contribution in [2.75, 3.05) is 5.32 Å². The number of hydrogen-bond acceptors (Lipinski definition) is 4. The summed E-state index contributed by atoms with van der Waals surface area (Å²) in [5, 5.41) is 21.1. The van der Waals surface area contributed by atoms with Gasteiger partial charge in [0.2, 0.25) is 0 Å². The molecule has 5 nitrogen and oxygen atoms in total. The van der Waals surface area contributed by atoms with Crippen molar-refractivity contribution >= 4 is 11.8 Å². The molecule has 0 aromatic carbocycles. The van der Waals surface area contributed by atoms with Gasteiger partial charge in [0.15, 0.2) is 0 Å². The van der Waals surface area contributed by atoms with E-state index in [1.165, 1.54) is 0 Å². The molecule has 0 amide bonds. The molecule has 0 fully saturated rings. The lowest BCUT2D eigenvalue weighted by atomic mass is 10.0. The molecular weight excluding hydrogens is 230 g/mol. The molecule has 2 unspecified atom stereocenters. The van der Waals surface area contributed by atoms with Gasteiger partial charge in [-0.2, -0.15) is 5.26 Å². The van der Waals surface area contributed by atoms with Crippen LogP contribution in [0, 0.1) is 31.1 Å². The van der Waals surface area contributed by atoms with E-state index in [4.69, 9.17) is 10.4 Å². The van der Waals surface area contributed by atoms with E-state index in [-0.39, 0.29) is 6.04 Å². The summed E-state index contributed by atoms with van der Waals surface area (Å²) in [7, 11) is 0. The van der Waals surface area contributed by atoms with Crippen molar-refractivity contribution in [3.8, 4) is 6.07 Å². The third kappa shape index (κ3) is 2.98. The number of rotatable bonds is 4. The molecule has 2 atom stereocenters. The number of pyridine rings is 1. The Labute approximate surface area is 106 Å². The van der Waals surface area contributed by atoms with Gasteiger partial charge < -0.3 is 10.4 Å². The highest BCUT2D eigenvalue weighted by Gasteiger charge is 2.21. The van der Waals surface area contributed by atoms with Crippen LogP contribution >= 0.6 is 0 Å². The SMILES string of the molecule is Cc1cc(C)c(C#N)c(NC(C)C(C)C(=O)O)n1. The smallest absolute Gasteiger partial charge is 0.308 e. The van der Waals surface area contributed by atoms with Gasteiger partial charge in [0.1, 0.15) is 11.9 Å². The average molecular weight is 247 g/mol. The Bertz CT molecular complexity index is 506. The number of nitriles is 1. The number of nitrogens with zero attached hydrogens (tertiary/aromatic N) is 2. The van der Waals surface area contributed by atoms with Gasteiger partial charge in [0.25, 0.3) is 0 Å². The highest BCUT2D eigenvalue weighted by molar-refractivity contribution is 5.71. The fraction of sp³-hybridized carbons (Fsp3) is 0.462. The van der Waals surface area contributed by atoms with Gasteiger partial charge in [-0.15, -0.1) is 0 Å². The highest BCUT2D eigenvalue weighted by Crippen LogP contribution is 2.20. The summed E-state index contributed by atoms with van der Waals surface area (Å²) < 4.78 is 0. The zero-order valence-corrected chi connectivity index (χ0v) is 11.0. The molecule has 96 valence electrons. The van der Waals surface area contributed by atoms with Crippen molar-refractivity contribution in [2.24, 2.45) is 5.92 Å². The van der Waals surface area contributed by atoms with Gasteiger partial charge in [0, 0.05) is 11.7 Å². The van der Waals surface area contributed by atoms with Crippen LogP contribution in [0.3, 0.4) is 0 Å². The fourth-order valence-electron chi connectivity index (χ4n) is 1.64. The van der Waals surface area contributed by atoms with E-state index in [1.807, 2.05) is 19.9 Å². The Kier molecular flexibility index (Phi) is 4.27. The predicted molar refractivity (Wildman–Crippen MR) is 68.3 cm³/mol. The molecule has 0 aliphatic rings. The number of aromatic nitrogens is 1. The number of anilines is 1. The van der Waals surface area contributed by atoms with Crippen LogP contribution in [-0.2, 0) is 4.79 Å². The Balaban J connectivity index is 3.05. The minimum absolute atomic E-state index is 0.303. The quantitative estimate of drug-likeness (QED) is 0.850. The minimum atomic E-state index is -0.877. The lowest BCUT2D eigenvalue weighted by Gasteiger charge is -2.19. The van der Waals surface area contributed by atoms with E-state index >= 15 is 0 Å². The molecule has 0 spiro atoms. The number of carboxylic acid groups (broad SMARTS) is 1. The Morgan fingerprint density at radius 1 is 1.50 bits per heavy atom. The van der Waals surface area contributed by atoms with Gasteiger partial charge >= 0.3 is 5.97 Å². The van der Waals surface area contributed by atoms with Gasteiger partial charge in [-0.05, 0) is 39.3 Å². The lowest BCUT2D eigenvalue weighted by molar-refractivity contribution is -0.141. The van der Waals surface area contributed by atoms with E-state index in [1.54, 1.807) is 13.8 Å². The Hall–Kier alpha value is -2.09. The van der Waals surface area contributed by atoms with Crippen LogP contribution in [0.4, 0.5) is 5.82 Å². The zero-order chi connectivity index (χ0) is 13.9. The molecular formula is C13H17N3O2. The molecule has 1 aromatic rings. The van der Waals surface area contributed by atoms with Gasteiger partial charge in [0.05, 0.1) is 11.5 Å². The summed E-state index contributed by atoms with van der Waals surface area (Å²) in [6, 6.07) is 3.62. The molecule has 0 bridgehead atoms. The van der Waals surface area contributed by atoms with Crippen LogP contribution < -0.4 is 5.32 Å². The van der Waals surface area contributed by atoms with Crippen LogP contribution in [0.5, 0.6) is 0 Å². The second kappa shape index (κ2) is 5.50. The summed E-state index contributed by atoms with van der Waals surface area (Å²) >= 11 is 0. The molecule has 18 heavy (non-hydrogen) atoms. The van der Waals surface area contributed by atoms with E-state index < -0.39 is 11.9 Å². The average Bonchev–Trinajstić information content (AvgIpc) is 2.27. The number of carboxylic acids is 1. The van der Waals surface area contributed by atoms with Gasteiger partial charge in [-0.25, -0.2) is 4.98 Å². The van der Waals surface area contributed by atoms with Crippen LogP contribution in [-0.4, -0.2) is 22.1 Å². The standard InChI is InChI=1S/C13H17N3O2/c1-7-5-8(2)15-12(11(7)6-14)16-10(4)9(3)13(17)18/h5,9-10H,1-4H3,(H,15,16)(H,17,18). The molecule has 0 saturated carbocycles. The molecule has 1 rings (SSSR count). The highest BCUT2D eigenvalue weighted by atomic mass is 16.4. The monoisotopic (exact) mass is 247 g/mol. The van der Waals surface area contributed by atoms with Crippen LogP contribution in [0.25, 0.3) is 0 Å². The van der Waals surface area contributed by atoms with Crippen LogP contribution in [0.15, 0.2) is 6.07 Å². The van der Waals surface area contributed by atoms with E-state index in [2.05, 4.69) is 16.4 Å². The van der Waals surface area contributed by atoms with E-state index in [9.17, 15) is 4.79 Å². The summed E-state index contributed by atoms with van der Waals surface area (Å²) in [6.07, 6.45) is 0. The first-order valence-corrected chi connectivity index (χ1v) is 5.74. The first-order chi connectivity index (χ1) is 8.36. The summed E-state index contributed by atoms with van der Waals surface area (Å²) in [6.45, 7) is 7.06. The number of nitrogens with one attached hydrogen (secondary N) is 1. The molecule has 0 radical (unpaired) electrons. The topological polar surface area (TPSA) is 86.0 Å². The fourth-order valence-corrected chi connectivity index (χ4v) is 1.64. The second-order valence-corrected chi connectivity index (χ2v) is 4.48. The molecule has 2 N–H and O–H groups in total. The summed E-state index contributed by atoms with van der Waals surface area (Å²) in [4.78, 5) is 15.2. The molecule has 0 aliphatic carbocycles. The van der Waals surface area contributed by atoms with Crippen LogP contribution in [0.1, 0.15) is 30.7 Å². The minimum Gasteiger partial charge on any atom is -0.481 e. The van der Waals surface area contributed by atoms with Crippen LogP contribution in [0.2, 0.25) is 0 Å². The predicted octanol–water partition coefficient (Wildman–Crippen LogP) is 2.09. The molecule has 1 aromatic heterocycles. The number of hydrogen-bond donors (Lipinski definition) is 2. The largest absolute Gasteiger partial charge is 0.481 e. The first kappa shape index (κ1) is 14.0. The maximum absolute atomic E-state index is 10.9. The number of aryl methyl sites for hydroxylation is 2. The van der Waals surface area contributed by atoms with E-state index in [0.29, 0.717) is 11.4 Å². The van der Waals surface area contributed by atoms with Crippen molar-refractivity contribution in [1.29, 1.82) is 5.26 Å². The number of carbonyl (C=O) groups is 1. The van der Waals surface area contributed by atoms with Crippen molar-refractivity contribution in [2.45, 2.75) is 33.7 Å². The van der Waals surface area contributed by atoms with Crippen molar-refractivity contribution in [3.63, 3.8) is 0 Å². The molecule has 0 saturated heterocycles. The molecule has 1 heterocycles. The maximum Gasteiger partial charge on any atom is 0.308 e. The third-order valence-corrected chi connectivity index (χ3v) is 2.96. The zero-order valence-electron chi connectivity index (χ0n) is 11.0. The van der Waals surface area contributed by atoms with Crippen molar-refractivity contribution in [1.82, 2.24) is 4.98 Å². The summed E-state index contributed by atoms with van der Waals surface area (Å²) in [5.41, 5.74) is 2.09. The van der Waals surface area contributed by atoms with Crippen molar-refractivity contribution in [3.05, 3.63) is 22.9 Å². The molecule has 0 aliphatic heterocycles. The first-order valence-electron chi connectivity index (χ1n) is 5.74. The Morgan fingerprint density at radius 3 is 2.61 bits per heavy atom. The van der Waals surface area contributed by atoms with Gasteiger partial charge in [-0.3, -0.25) is 4.79 Å². The molecule has 5 heteroatoms.